The molecular weight excluding hydrogens is 538 g/mol. The number of urea groups is 1. The summed E-state index contributed by atoms with van der Waals surface area (Å²) in [6, 6.07) is 12.5. The van der Waals surface area contributed by atoms with Crippen molar-refractivity contribution in [2.45, 2.75) is 76.5 Å². The molecular formula is C32H40F2N6O2. The fraction of sp³-hybridized carbons (Fsp3) is 0.469. The van der Waals surface area contributed by atoms with Gasteiger partial charge >= 0.3 is 6.03 Å². The smallest absolute Gasteiger partial charge is 0.315 e. The maximum absolute atomic E-state index is 14.2. The first-order valence-corrected chi connectivity index (χ1v) is 14.8. The molecule has 2 fully saturated rings. The molecule has 1 aromatic heterocycles. The lowest BCUT2D eigenvalue weighted by Gasteiger charge is -2.37. The van der Waals surface area contributed by atoms with E-state index in [9.17, 15) is 18.4 Å². The third kappa shape index (κ3) is 6.98. The molecule has 0 spiro atoms. The molecule has 2 aliphatic rings. The van der Waals surface area contributed by atoms with E-state index in [-0.39, 0.29) is 35.6 Å². The number of piperazine rings is 1. The highest BCUT2D eigenvalue weighted by Crippen LogP contribution is 2.35. The number of aromatic nitrogens is 2. The van der Waals surface area contributed by atoms with Crippen molar-refractivity contribution in [1.29, 1.82) is 0 Å². The number of hydrogen-bond acceptors (Lipinski definition) is 4. The van der Waals surface area contributed by atoms with Gasteiger partial charge in [0, 0.05) is 42.8 Å². The molecule has 0 bridgehead atoms. The van der Waals surface area contributed by atoms with E-state index < -0.39 is 11.6 Å². The first kappa shape index (κ1) is 29.7. The summed E-state index contributed by atoms with van der Waals surface area (Å²) in [7, 11) is 0. The molecule has 1 aliphatic heterocycles. The zero-order chi connectivity index (χ0) is 29.9. The Labute approximate surface area is 245 Å². The van der Waals surface area contributed by atoms with Crippen LogP contribution in [0.2, 0.25) is 0 Å². The predicted octanol–water partition coefficient (Wildman–Crippen LogP) is 5.07. The van der Waals surface area contributed by atoms with E-state index in [1.807, 2.05) is 51.1 Å². The van der Waals surface area contributed by atoms with Gasteiger partial charge in [0.25, 0.3) is 5.91 Å². The third-order valence-electron chi connectivity index (χ3n) is 7.94. The van der Waals surface area contributed by atoms with Crippen LogP contribution in [-0.4, -0.2) is 63.6 Å². The fourth-order valence-corrected chi connectivity index (χ4v) is 6.16. The first-order chi connectivity index (χ1) is 20.1. The zero-order valence-corrected chi connectivity index (χ0v) is 24.5. The number of imidazole rings is 1. The molecule has 5 rings (SSSR count). The predicted molar refractivity (Wildman–Crippen MR) is 158 cm³/mol. The molecule has 1 aliphatic carbocycles. The lowest BCUT2D eigenvalue weighted by atomic mass is 9.89. The van der Waals surface area contributed by atoms with Crippen LogP contribution in [0.3, 0.4) is 0 Å². The second-order valence-electron chi connectivity index (χ2n) is 12.4. The number of carbonyl (C=O) groups is 2. The Balaban J connectivity index is 1.47. The highest BCUT2D eigenvalue weighted by atomic mass is 19.1. The first-order valence-electron chi connectivity index (χ1n) is 14.8. The van der Waals surface area contributed by atoms with Crippen LogP contribution in [0.25, 0.3) is 11.3 Å². The van der Waals surface area contributed by atoms with Gasteiger partial charge in [-0.2, -0.15) is 0 Å². The second-order valence-corrected chi connectivity index (χ2v) is 12.4. The monoisotopic (exact) mass is 578 g/mol. The van der Waals surface area contributed by atoms with Crippen LogP contribution in [0.15, 0.2) is 54.9 Å². The van der Waals surface area contributed by atoms with Gasteiger partial charge in [-0.25, -0.2) is 18.6 Å². The Morgan fingerprint density at radius 1 is 1.05 bits per heavy atom. The van der Waals surface area contributed by atoms with Crippen molar-refractivity contribution in [3.8, 4) is 11.3 Å². The van der Waals surface area contributed by atoms with Crippen LogP contribution in [0.5, 0.6) is 0 Å². The van der Waals surface area contributed by atoms with Gasteiger partial charge in [0.15, 0.2) is 5.69 Å². The van der Waals surface area contributed by atoms with Crippen molar-refractivity contribution in [2.75, 3.05) is 19.6 Å². The van der Waals surface area contributed by atoms with Gasteiger partial charge in [-0.05, 0) is 57.7 Å². The van der Waals surface area contributed by atoms with Gasteiger partial charge in [-0.1, -0.05) is 43.2 Å². The molecule has 1 saturated carbocycles. The van der Waals surface area contributed by atoms with E-state index in [2.05, 4.69) is 25.5 Å². The van der Waals surface area contributed by atoms with Crippen LogP contribution in [0.4, 0.5) is 13.6 Å². The van der Waals surface area contributed by atoms with E-state index in [0.717, 1.165) is 37.3 Å². The summed E-state index contributed by atoms with van der Waals surface area (Å²) in [6.45, 7) is 7.39. The summed E-state index contributed by atoms with van der Waals surface area (Å²) in [4.78, 5) is 33.5. The summed E-state index contributed by atoms with van der Waals surface area (Å²) in [6.07, 6.45) is 5.70. The Hall–Kier alpha value is -3.79. The van der Waals surface area contributed by atoms with Crippen LogP contribution >= 0.6 is 0 Å². The maximum Gasteiger partial charge on any atom is 0.315 e. The normalized spacial score (nSPS) is 21.2. The number of nitrogens with one attached hydrogen (secondary N) is 3. The fourth-order valence-electron chi connectivity index (χ4n) is 6.16. The lowest BCUT2D eigenvalue weighted by Crippen LogP contribution is -2.54. The van der Waals surface area contributed by atoms with E-state index in [0.29, 0.717) is 43.0 Å². The van der Waals surface area contributed by atoms with Crippen molar-refractivity contribution in [3.05, 3.63) is 77.8 Å². The minimum Gasteiger partial charge on any atom is -0.334 e. The molecule has 0 unspecified atom stereocenters. The van der Waals surface area contributed by atoms with E-state index in [1.165, 1.54) is 12.1 Å². The summed E-state index contributed by atoms with van der Waals surface area (Å²) in [5.74, 6) is -1.49. The molecule has 2 heterocycles. The summed E-state index contributed by atoms with van der Waals surface area (Å²) in [5, 5.41) is 9.49. The van der Waals surface area contributed by atoms with Gasteiger partial charge in [0.1, 0.15) is 11.6 Å². The number of amides is 3. The van der Waals surface area contributed by atoms with Crippen LogP contribution in [0.1, 0.15) is 68.5 Å². The molecule has 3 N–H and O–H groups in total. The van der Waals surface area contributed by atoms with Gasteiger partial charge < -0.3 is 25.4 Å². The number of rotatable bonds is 6. The summed E-state index contributed by atoms with van der Waals surface area (Å²) < 4.78 is 29.9. The SMILES string of the molecule is CC(C)(C)NC(=O)N[C@H]1CCCC[C@@H]1n1cnc(C(=O)N2CCNC[C@H]2Cc2cc(F)cc(F)c2)c1-c1ccccc1. The van der Waals surface area contributed by atoms with Crippen molar-refractivity contribution in [3.63, 3.8) is 0 Å². The largest absolute Gasteiger partial charge is 0.334 e. The highest BCUT2D eigenvalue weighted by molar-refractivity contribution is 5.98. The van der Waals surface area contributed by atoms with E-state index >= 15 is 0 Å². The van der Waals surface area contributed by atoms with Gasteiger partial charge in [-0.3, -0.25) is 4.79 Å². The summed E-state index contributed by atoms with van der Waals surface area (Å²) >= 11 is 0. The maximum atomic E-state index is 14.2. The van der Waals surface area contributed by atoms with Crippen LogP contribution in [-0.2, 0) is 6.42 Å². The Morgan fingerprint density at radius 3 is 2.48 bits per heavy atom. The molecule has 2 aromatic carbocycles. The Kier molecular flexibility index (Phi) is 8.91. The standard InChI is InChI=1S/C32H40F2N6O2/c1-32(2,3)38-31(42)37-26-11-7-8-12-27(26)40-20-36-28(29(40)22-9-5-4-6-10-22)30(41)39-14-13-35-19-25(39)17-21-15-23(33)18-24(34)16-21/h4-6,9-10,15-16,18,20,25-27,35H,7-8,11-14,17,19H2,1-3H3,(H2,37,38,42)/t25-,26+,27+/m1/s1. The average Bonchev–Trinajstić information content (AvgIpc) is 3.37. The van der Waals surface area contributed by atoms with Crippen molar-refractivity contribution in [2.24, 2.45) is 0 Å². The molecule has 224 valence electrons. The van der Waals surface area contributed by atoms with Crippen LogP contribution < -0.4 is 16.0 Å². The molecule has 8 nitrogen and oxygen atoms in total. The molecule has 10 heteroatoms. The molecule has 0 radical (unpaired) electrons. The topological polar surface area (TPSA) is 91.3 Å². The minimum absolute atomic E-state index is 0.0807. The molecule has 42 heavy (non-hydrogen) atoms. The molecule has 3 amide bonds. The van der Waals surface area contributed by atoms with E-state index in [1.54, 1.807) is 11.2 Å². The number of halogens is 2. The number of carbonyl (C=O) groups excluding carboxylic acids is 2. The average molecular weight is 579 g/mol. The molecule has 3 atom stereocenters. The van der Waals surface area contributed by atoms with Gasteiger partial charge in [0.2, 0.25) is 0 Å². The van der Waals surface area contributed by atoms with Gasteiger partial charge in [-0.15, -0.1) is 0 Å². The van der Waals surface area contributed by atoms with Crippen molar-refractivity contribution < 1.29 is 18.4 Å². The molecule has 1 saturated heterocycles. The van der Waals surface area contributed by atoms with Crippen LogP contribution in [0, 0.1) is 11.6 Å². The summed E-state index contributed by atoms with van der Waals surface area (Å²) in [5.41, 5.74) is 2.04. The Bertz CT molecular complexity index is 1380. The lowest BCUT2D eigenvalue weighted by molar-refractivity contribution is 0.0631. The number of benzene rings is 2. The van der Waals surface area contributed by atoms with Crippen molar-refractivity contribution >= 4 is 11.9 Å². The minimum atomic E-state index is -0.636. The second kappa shape index (κ2) is 12.6. The third-order valence-corrected chi connectivity index (χ3v) is 7.94. The zero-order valence-electron chi connectivity index (χ0n) is 24.5. The number of hydrogen-bond donors (Lipinski definition) is 3. The quantitative estimate of drug-likeness (QED) is 0.381. The molecule has 3 aromatic rings. The number of nitrogens with zero attached hydrogens (tertiary/aromatic N) is 3. The highest BCUT2D eigenvalue weighted by Gasteiger charge is 2.35. The van der Waals surface area contributed by atoms with Crippen molar-refractivity contribution in [1.82, 2.24) is 30.4 Å². The van der Waals surface area contributed by atoms with Gasteiger partial charge in [0.05, 0.1) is 24.1 Å². The van der Waals surface area contributed by atoms with E-state index in [4.69, 9.17) is 0 Å². The Morgan fingerprint density at radius 2 is 1.76 bits per heavy atom.